The maximum absolute atomic E-state index is 13.6. The molecule has 1 amide bonds. The highest BCUT2D eigenvalue weighted by Crippen LogP contribution is 2.33. The maximum Gasteiger partial charge on any atom is 0.316 e. The zero-order chi connectivity index (χ0) is 22.8. The second kappa shape index (κ2) is 10.4. The van der Waals surface area contributed by atoms with Crippen LogP contribution < -0.4 is 16.0 Å². The fraction of sp³-hybridized carbons (Fsp3) is 0.917. The number of quaternary nitrogens is 1. The van der Waals surface area contributed by atoms with E-state index in [2.05, 4.69) is 12.2 Å². The van der Waals surface area contributed by atoms with Crippen molar-refractivity contribution in [3.63, 3.8) is 0 Å². The molecule has 4 rings (SSSR count). The number of methoxy groups -OCH3 is 1. The van der Waals surface area contributed by atoms with Gasteiger partial charge < -0.3 is 19.3 Å². The predicted molar refractivity (Wildman–Crippen MR) is 120 cm³/mol. The lowest BCUT2D eigenvalue weighted by molar-refractivity contribution is -0.965. The average molecular weight is 452 g/mol. The minimum absolute atomic E-state index is 0.0275. The molecule has 3 heterocycles. The minimum atomic E-state index is -0.431. The zero-order valence-electron chi connectivity index (χ0n) is 20.1. The Morgan fingerprint density at radius 2 is 2.00 bits per heavy atom. The third kappa shape index (κ3) is 4.69. The third-order valence-corrected chi connectivity index (χ3v) is 8.61. The summed E-state index contributed by atoms with van der Waals surface area (Å²) in [6.45, 7) is 6.07. The standard InChI is InChI=1S/C24H42N4O4/c1-4-32-24(30)18-14-19-22(26-21-15(2)6-5-12-28(21)23(19)29)27(20(18)25)13-11-16-7-9-17(31-3)10-8-16/h15-22,26H,4-14,25H2,1-3H3/p+1. The molecule has 7 unspecified atom stereocenters. The van der Waals surface area contributed by atoms with E-state index in [0.29, 0.717) is 31.0 Å². The summed E-state index contributed by atoms with van der Waals surface area (Å²) in [5.74, 6) is 0.387. The van der Waals surface area contributed by atoms with Crippen LogP contribution in [0.5, 0.6) is 0 Å². The first-order valence-electron chi connectivity index (χ1n) is 12.8. The number of ether oxygens (including phenoxy) is 2. The molecule has 7 atom stereocenters. The largest absolute Gasteiger partial charge is 0.466 e. The molecule has 0 spiro atoms. The van der Waals surface area contributed by atoms with Gasteiger partial charge in [0.05, 0.1) is 25.4 Å². The Morgan fingerprint density at radius 3 is 2.69 bits per heavy atom. The molecule has 8 nitrogen and oxygen atoms in total. The summed E-state index contributed by atoms with van der Waals surface area (Å²) in [4.78, 5) is 29.5. The minimum Gasteiger partial charge on any atom is -0.466 e. The van der Waals surface area contributed by atoms with Crippen LogP contribution in [0.4, 0.5) is 0 Å². The summed E-state index contributed by atoms with van der Waals surface area (Å²) in [5.41, 5.74) is 6.75. The SMILES string of the molecule is CCOC(=O)C1CC2C(=O)N3CCCC(C)C3NC2[NH+](CCC2CCC(OC)CC2)C1N. The fourth-order valence-electron chi connectivity index (χ4n) is 6.67. The number of carbonyl (C=O) groups is 2. The molecule has 1 aliphatic carbocycles. The van der Waals surface area contributed by atoms with Gasteiger partial charge in [-0.3, -0.25) is 15.3 Å². The van der Waals surface area contributed by atoms with E-state index in [-0.39, 0.29) is 36.3 Å². The van der Waals surface area contributed by atoms with E-state index in [1.807, 2.05) is 11.8 Å². The first kappa shape index (κ1) is 23.9. The number of hydrogen-bond donors (Lipinski definition) is 3. The maximum atomic E-state index is 13.6. The summed E-state index contributed by atoms with van der Waals surface area (Å²) < 4.78 is 10.9. The van der Waals surface area contributed by atoms with Crippen LogP contribution in [0.2, 0.25) is 0 Å². The summed E-state index contributed by atoms with van der Waals surface area (Å²) in [5, 5.41) is 3.83. The Bertz CT molecular complexity index is 668. The molecule has 0 aromatic heterocycles. The number of nitrogens with two attached hydrogens (primary N) is 1. The Labute approximate surface area is 192 Å². The molecule has 0 aromatic rings. The van der Waals surface area contributed by atoms with Gasteiger partial charge in [-0.15, -0.1) is 0 Å². The lowest BCUT2D eigenvalue weighted by Crippen LogP contribution is -3.26. The van der Waals surface area contributed by atoms with E-state index >= 15 is 0 Å². The fourth-order valence-corrected chi connectivity index (χ4v) is 6.67. The summed E-state index contributed by atoms with van der Waals surface area (Å²) in [6.07, 6.45) is 8.41. The van der Waals surface area contributed by atoms with Crippen molar-refractivity contribution in [1.29, 1.82) is 0 Å². The number of nitrogens with zero attached hydrogens (tertiary/aromatic N) is 1. The van der Waals surface area contributed by atoms with Crippen molar-refractivity contribution in [3.8, 4) is 0 Å². The van der Waals surface area contributed by atoms with Crippen molar-refractivity contribution in [2.45, 2.75) is 89.8 Å². The van der Waals surface area contributed by atoms with Crippen LogP contribution in [-0.2, 0) is 19.1 Å². The number of nitrogens with one attached hydrogen (secondary N) is 2. The van der Waals surface area contributed by atoms with Crippen LogP contribution in [0.3, 0.4) is 0 Å². The molecule has 32 heavy (non-hydrogen) atoms. The lowest BCUT2D eigenvalue weighted by atomic mass is 9.79. The van der Waals surface area contributed by atoms with Gasteiger partial charge in [0.25, 0.3) is 0 Å². The number of amides is 1. The first-order chi connectivity index (χ1) is 15.4. The van der Waals surface area contributed by atoms with Gasteiger partial charge in [-0.2, -0.15) is 0 Å². The number of esters is 1. The first-order valence-corrected chi connectivity index (χ1v) is 12.8. The number of rotatable bonds is 6. The molecule has 182 valence electrons. The zero-order valence-corrected chi connectivity index (χ0v) is 20.1. The Kier molecular flexibility index (Phi) is 7.75. The van der Waals surface area contributed by atoms with Crippen molar-refractivity contribution in [1.82, 2.24) is 10.2 Å². The number of hydrogen-bond acceptors (Lipinski definition) is 6. The van der Waals surface area contributed by atoms with E-state index in [1.165, 1.54) is 17.7 Å². The van der Waals surface area contributed by atoms with Crippen molar-refractivity contribution < 1.29 is 24.0 Å². The average Bonchev–Trinajstić information content (AvgIpc) is 2.79. The highest BCUT2D eigenvalue weighted by molar-refractivity contribution is 5.82. The molecule has 8 heteroatoms. The van der Waals surface area contributed by atoms with Gasteiger partial charge >= 0.3 is 5.97 Å². The Balaban J connectivity index is 1.51. The van der Waals surface area contributed by atoms with Crippen LogP contribution in [-0.4, -0.2) is 68.2 Å². The van der Waals surface area contributed by atoms with Crippen molar-refractivity contribution in [3.05, 3.63) is 0 Å². The topological polar surface area (TPSA) is 98.3 Å². The predicted octanol–water partition coefficient (Wildman–Crippen LogP) is 0.465. The summed E-state index contributed by atoms with van der Waals surface area (Å²) in [7, 11) is 1.80. The highest BCUT2D eigenvalue weighted by atomic mass is 16.5. The second-order valence-corrected chi connectivity index (χ2v) is 10.5. The van der Waals surface area contributed by atoms with Gasteiger partial charge in [-0.05, 0) is 70.1 Å². The number of fused-ring (bicyclic) bond motifs is 2. The van der Waals surface area contributed by atoms with Crippen LogP contribution in [0.1, 0.15) is 65.2 Å². The third-order valence-electron chi connectivity index (χ3n) is 8.61. The van der Waals surface area contributed by atoms with Crippen LogP contribution in [0, 0.1) is 23.7 Å². The highest BCUT2D eigenvalue weighted by Gasteiger charge is 2.56. The monoisotopic (exact) mass is 451 g/mol. The molecular weight excluding hydrogens is 408 g/mol. The number of piperidine rings is 2. The molecule has 4 N–H and O–H groups in total. The van der Waals surface area contributed by atoms with Crippen molar-refractivity contribution >= 4 is 11.9 Å². The normalized spacial score (nSPS) is 42.2. The lowest BCUT2D eigenvalue weighted by Gasteiger charge is -2.54. The van der Waals surface area contributed by atoms with E-state index in [4.69, 9.17) is 15.2 Å². The summed E-state index contributed by atoms with van der Waals surface area (Å²) in [6, 6.07) is 0. The molecule has 4 fully saturated rings. The second-order valence-electron chi connectivity index (χ2n) is 10.5. The van der Waals surface area contributed by atoms with Crippen molar-refractivity contribution in [2.75, 3.05) is 26.8 Å². The van der Waals surface area contributed by atoms with Gasteiger partial charge in [0, 0.05) is 13.7 Å². The molecule has 0 aromatic carbocycles. The van der Waals surface area contributed by atoms with Gasteiger partial charge in [0.1, 0.15) is 11.8 Å². The molecule has 0 radical (unpaired) electrons. The van der Waals surface area contributed by atoms with Gasteiger partial charge in [0.2, 0.25) is 5.91 Å². The number of carbonyl (C=O) groups excluding carboxylic acids is 2. The molecular formula is C24H43N4O4+. The van der Waals surface area contributed by atoms with Crippen LogP contribution in [0.15, 0.2) is 0 Å². The van der Waals surface area contributed by atoms with Crippen LogP contribution in [0.25, 0.3) is 0 Å². The van der Waals surface area contributed by atoms with E-state index in [0.717, 1.165) is 45.2 Å². The smallest absolute Gasteiger partial charge is 0.316 e. The van der Waals surface area contributed by atoms with Gasteiger partial charge in [-0.25, -0.2) is 5.32 Å². The van der Waals surface area contributed by atoms with Crippen LogP contribution >= 0.6 is 0 Å². The Morgan fingerprint density at radius 1 is 1.25 bits per heavy atom. The molecule has 3 saturated heterocycles. The van der Waals surface area contributed by atoms with Gasteiger partial charge in [-0.1, -0.05) is 6.92 Å². The Hall–Kier alpha value is -1.22. The van der Waals surface area contributed by atoms with Crippen molar-refractivity contribution in [2.24, 2.45) is 29.4 Å². The molecule has 4 aliphatic rings. The molecule has 0 bridgehead atoms. The van der Waals surface area contributed by atoms with E-state index < -0.39 is 5.92 Å². The number of likely N-dealkylation sites (tertiary alicyclic amines) is 1. The van der Waals surface area contributed by atoms with E-state index in [9.17, 15) is 9.59 Å². The van der Waals surface area contributed by atoms with Gasteiger partial charge in [0.15, 0.2) is 12.3 Å². The molecule has 1 saturated carbocycles. The quantitative estimate of drug-likeness (QED) is 0.508. The molecule has 3 aliphatic heterocycles. The van der Waals surface area contributed by atoms with E-state index in [1.54, 1.807) is 7.11 Å². The summed E-state index contributed by atoms with van der Waals surface area (Å²) >= 11 is 0.